The largest absolute Gasteiger partial charge is 0.266 e. The van der Waals surface area contributed by atoms with Gasteiger partial charge < -0.3 is 0 Å². The summed E-state index contributed by atoms with van der Waals surface area (Å²) in [5.41, 5.74) is 1.24. The second-order valence-electron chi connectivity index (χ2n) is 3.97. The van der Waals surface area contributed by atoms with Crippen LogP contribution in [0.4, 0.5) is 0 Å². The van der Waals surface area contributed by atoms with Gasteiger partial charge in [0.25, 0.3) is 0 Å². The van der Waals surface area contributed by atoms with Gasteiger partial charge in [0, 0.05) is 11.5 Å². The molecule has 0 bridgehead atoms. The van der Waals surface area contributed by atoms with Crippen molar-refractivity contribution >= 4 is 13.4 Å². The van der Waals surface area contributed by atoms with Crippen LogP contribution in [-0.4, -0.2) is 13.1 Å². The Morgan fingerprint density at radius 2 is 1.82 bits per heavy atom. The summed E-state index contributed by atoms with van der Waals surface area (Å²) >= 11 is 0. The molecule has 1 aromatic rings. The topological polar surface area (TPSA) is 12.9 Å². The Balaban J connectivity index is 2.99. The molecule has 0 N–H and O–H groups in total. The number of hydrogen-bond acceptors (Lipinski definition) is 1. The van der Waals surface area contributed by atoms with Crippen LogP contribution in [0.5, 0.6) is 0 Å². The Kier molecular flexibility index (Phi) is 2.14. The van der Waals surface area contributed by atoms with Crippen LogP contribution in [0.25, 0.3) is 0 Å². The number of nitrogens with zero attached hydrogens (tertiary/aromatic N) is 1. The molecule has 2 heteroatoms. The van der Waals surface area contributed by atoms with E-state index in [1.165, 1.54) is 10.9 Å². The van der Waals surface area contributed by atoms with Crippen molar-refractivity contribution in [2.24, 2.45) is 0 Å². The van der Waals surface area contributed by atoms with E-state index in [1.807, 2.05) is 6.20 Å². The van der Waals surface area contributed by atoms with Gasteiger partial charge in [-0.1, -0.05) is 25.7 Å². The molecule has 0 aromatic carbocycles. The zero-order chi connectivity index (χ0) is 8.48. The van der Waals surface area contributed by atoms with Crippen LogP contribution in [-0.2, 0) is 0 Å². The van der Waals surface area contributed by atoms with Gasteiger partial charge in [-0.2, -0.15) is 0 Å². The first kappa shape index (κ1) is 8.46. The third kappa shape index (κ3) is 2.15. The first-order chi connectivity index (χ1) is 5.00. The molecule has 0 aliphatic rings. The highest BCUT2D eigenvalue weighted by molar-refractivity contribution is 6.88. The van der Waals surface area contributed by atoms with Crippen LogP contribution in [0.15, 0.2) is 18.3 Å². The SMILES string of the molecule is Cc1ccc([Si](C)(C)C)nc1. The maximum Gasteiger partial charge on any atom is 0.101 e. The molecule has 1 aromatic heterocycles. The van der Waals surface area contributed by atoms with Crippen LogP contribution in [0.2, 0.25) is 19.6 Å². The van der Waals surface area contributed by atoms with Crippen LogP contribution in [0.1, 0.15) is 5.56 Å². The molecule has 0 amide bonds. The van der Waals surface area contributed by atoms with Gasteiger partial charge >= 0.3 is 0 Å². The summed E-state index contributed by atoms with van der Waals surface area (Å²) < 4.78 is 0. The van der Waals surface area contributed by atoms with E-state index < -0.39 is 8.07 Å². The molecule has 0 atom stereocenters. The third-order valence-electron chi connectivity index (χ3n) is 1.68. The molecule has 0 saturated carbocycles. The van der Waals surface area contributed by atoms with Crippen molar-refractivity contribution in [3.05, 3.63) is 23.9 Å². The minimum atomic E-state index is -1.17. The zero-order valence-corrected chi connectivity index (χ0v) is 8.68. The van der Waals surface area contributed by atoms with Crippen LogP contribution in [0.3, 0.4) is 0 Å². The van der Waals surface area contributed by atoms with Gasteiger partial charge in [-0.3, -0.25) is 4.98 Å². The summed E-state index contributed by atoms with van der Waals surface area (Å²) in [4.78, 5) is 4.41. The predicted molar refractivity (Wildman–Crippen MR) is 52.0 cm³/mol. The van der Waals surface area contributed by atoms with Crippen molar-refractivity contribution < 1.29 is 0 Å². The van der Waals surface area contributed by atoms with E-state index in [9.17, 15) is 0 Å². The summed E-state index contributed by atoms with van der Waals surface area (Å²) in [5.74, 6) is 0. The van der Waals surface area contributed by atoms with Gasteiger partial charge in [-0.05, 0) is 18.6 Å². The number of pyridine rings is 1. The van der Waals surface area contributed by atoms with E-state index in [1.54, 1.807) is 0 Å². The summed E-state index contributed by atoms with van der Waals surface area (Å²) in [6.45, 7) is 9.00. The molecule has 0 aliphatic carbocycles. The molecule has 11 heavy (non-hydrogen) atoms. The van der Waals surface area contributed by atoms with Crippen LogP contribution < -0.4 is 5.32 Å². The van der Waals surface area contributed by atoms with Gasteiger partial charge in [0.15, 0.2) is 0 Å². The van der Waals surface area contributed by atoms with E-state index in [0.29, 0.717) is 0 Å². The Morgan fingerprint density at radius 3 is 2.18 bits per heavy atom. The zero-order valence-electron chi connectivity index (χ0n) is 7.68. The van der Waals surface area contributed by atoms with E-state index in [-0.39, 0.29) is 0 Å². The molecule has 0 aliphatic heterocycles. The fraction of sp³-hybridized carbons (Fsp3) is 0.444. The van der Waals surface area contributed by atoms with Crippen molar-refractivity contribution in [2.75, 3.05) is 0 Å². The Hall–Kier alpha value is -0.633. The van der Waals surface area contributed by atoms with E-state index in [0.717, 1.165) is 0 Å². The second kappa shape index (κ2) is 2.78. The van der Waals surface area contributed by atoms with Gasteiger partial charge in [-0.15, -0.1) is 0 Å². The maximum absolute atomic E-state index is 4.41. The van der Waals surface area contributed by atoms with Crippen LogP contribution >= 0.6 is 0 Å². The first-order valence-corrected chi connectivity index (χ1v) is 7.43. The summed E-state index contributed by atoms with van der Waals surface area (Å²) in [6, 6.07) is 4.29. The molecule has 0 fully saturated rings. The standard InChI is InChI=1S/C9H15NSi/c1-8-5-6-9(10-7-8)11(2,3)4/h5-7H,1-4H3. The van der Waals surface area contributed by atoms with E-state index in [2.05, 4.69) is 43.7 Å². The molecule has 1 nitrogen and oxygen atoms in total. The van der Waals surface area contributed by atoms with Gasteiger partial charge in [0.2, 0.25) is 0 Å². The van der Waals surface area contributed by atoms with Crippen molar-refractivity contribution in [3.8, 4) is 0 Å². The summed E-state index contributed by atoms with van der Waals surface area (Å²) in [7, 11) is -1.17. The number of rotatable bonds is 1. The second-order valence-corrected chi connectivity index (χ2v) is 8.98. The number of aryl methyl sites for hydroxylation is 1. The average Bonchev–Trinajstić information content (AvgIpc) is 1.86. The molecular weight excluding hydrogens is 150 g/mol. The lowest BCUT2D eigenvalue weighted by Gasteiger charge is -2.14. The molecule has 1 rings (SSSR count). The Morgan fingerprint density at radius 1 is 1.18 bits per heavy atom. The quantitative estimate of drug-likeness (QED) is 0.579. The summed E-state index contributed by atoms with van der Waals surface area (Å²) in [5, 5.41) is 1.29. The normalized spacial score (nSPS) is 11.6. The van der Waals surface area contributed by atoms with E-state index >= 15 is 0 Å². The minimum Gasteiger partial charge on any atom is -0.266 e. The third-order valence-corrected chi connectivity index (χ3v) is 3.51. The predicted octanol–water partition coefficient (Wildman–Crippen LogP) is 1.94. The highest BCUT2D eigenvalue weighted by Gasteiger charge is 2.16. The van der Waals surface area contributed by atoms with Crippen molar-refractivity contribution in [2.45, 2.75) is 26.6 Å². The fourth-order valence-corrected chi connectivity index (χ4v) is 1.95. The Labute approximate surface area is 69.5 Å². The lowest BCUT2D eigenvalue weighted by molar-refractivity contribution is 1.30. The maximum atomic E-state index is 4.41. The molecule has 1 heterocycles. The van der Waals surface area contributed by atoms with Crippen molar-refractivity contribution in [3.63, 3.8) is 0 Å². The first-order valence-electron chi connectivity index (χ1n) is 3.93. The Bertz CT molecular complexity index is 233. The molecule has 0 radical (unpaired) electrons. The highest BCUT2D eigenvalue weighted by Crippen LogP contribution is 2.00. The smallest absolute Gasteiger partial charge is 0.101 e. The highest BCUT2D eigenvalue weighted by atomic mass is 28.3. The van der Waals surface area contributed by atoms with Crippen molar-refractivity contribution in [1.29, 1.82) is 0 Å². The molecule has 0 unspecified atom stereocenters. The number of aromatic nitrogens is 1. The van der Waals surface area contributed by atoms with Crippen molar-refractivity contribution in [1.82, 2.24) is 4.98 Å². The van der Waals surface area contributed by atoms with Gasteiger partial charge in [0.05, 0.1) is 0 Å². The average molecular weight is 165 g/mol. The molecule has 0 spiro atoms. The van der Waals surface area contributed by atoms with Gasteiger partial charge in [-0.25, -0.2) is 0 Å². The summed E-state index contributed by atoms with van der Waals surface area (Å²) in [6.07, 6.45) is 1.95. The fourth-order valence-electron chi connectivity index (χ4n) is 0.911. The van der Waals surface area contributed by atoms with Crippen LogP contribution in [0, 0.1) is 6.92 Å². The lowest BCUT2D eigenvalue weighted by atomic mass is 10.3. The monoisotopic (exact) mass is 165 g/mol. The molecule has 60 valence electrons. The minimum absolute atomic E-state index is 1.17. The van der Waals surface area contributed by atoms with E-state index in [4.69, 9.17) is 0 Å². The molecule has 0 saturated heterocycles. The molecular formula is C9H15NSi. The lowest BCUT2D eigenvalue weighted by Crippen LogP contribution is -2.39. The van der Waals surface area contributed by atoms with Gasteiger partial charge in [0.1, 0.15) is 8.07 Å². The number of hydrogen-bond donors (Lipinski definition) is 0.